The van der Waals surface area contributed by atoms with Crippen molar-refractivity contribution in [3.8, 4) is 39.7 Å². The van der Waals surface area contributed by atoms with E-state index in [9.17, 15) is 5.26 Å². The number of pyridine rings is 2. The highest BCUT2D eigenvalue weighted by Gasteiger charge is 2.33. The average molecular weight is 761 g/mol. The molecule has 0 aliphatic carbocycles. The molecule has 4 aromatic heterocycles. The van der Waals surface area contributed by atoms with Gasteiger partial charge in [-0.3, -0.25) is 9.97 Å². The molecule has 4 heterocycles. The Morgan fingerprint density at radius 1 is 0.433 bits per heavy atom. The predicted molar refractivity (Wildman–Crippen MR) is 245 cm³/mol. The van der Waals surface area contributed by atoms with Gasteiger partial charge in [-0.05, 0) is 56.9 Å². The highest BCUT2D eigenvalue weighted by molar-refractivity contribution is 6.35. The van der Waals surface area contributed by atoms with Crippen LogP contribution in [0.2, 0.25) is 0 Å². The van der Waals surface area contributed by atoms with E-state index in [4.69, 9.17) is 16.5 Å². The van der Waals surface area contributed by atoms with E-state index in [0.29, 0.717) is 22.5 Å². The molecule has 274 valence electrons. The fourth-order valence-electron chi connectivity index (χ4n) is 10.3. The van der Waals surface area contributed by atoms with Crippen LogP contribution >= 0.6 is 0 Å². The van der Waals surface area contributed by atoms with Crippen LogP contribution in [0.5, 0.6) is 0 Å². The van der Waals surface area contributed by atoms with Gasteiger partial charge in [0, 0.05) is 55.8 Å². The molecule has 0 saturated heterocycles. The number of hydrogen-bond donors (Lipinski definition) is 0. The van der Waals surface area contributed by atoms with Gasteiger partial charge >= 0.3 is 0 Å². The minimum absolute atomic E-state index is 0.411. The van der Waals surface area contributed by atoms with Gasteiger partial charge in [0.2, 0.25) is 5.69 Å². The van der Waals surface area contributed by atoms with Crippen LogP contribution in [-0.2, 0) is 0 Å². The fourth-order valence-corrected chi connectivity index (χ4v) is 10.3. The lowest BCUT2D eigenvalue weighted by atomic mass is 9.88. The van der Waals surface area contributed by atoms with Gasteiger partial charge in [-0.15, -0.1) is 0 Å². The Morgan fingerprint density at radius 2 is 0.867 bits per heavy atom. The molecule has 0 amide bonds. The predicted octanol–water partition coefficient (Wildman–Crippen LogP) is 13.9. The molecule has 0 spiro atoms. The summed E-state index contributed by atoms with van der Waals surface area (Å²) in [4.78, 5) is 14.5. The van der Waals surface area contributed by atoms with Crippen molar-refractivity contribution in [3.63, 3.8) is 0 Å². The number of hydrogen-bond acceptors (Lipinski definition) is 3. The van der Waals surface area contributed by atoms with Gasteiger partial charge in [-0.1, -0.05) is 133 Å². The summed E-state index contributed by atoms with van der Waals surface area (Å²) in [5, 5.41) is 22.7. The summed E-state index contributed by atoms with van der Waals surface area (Å²) < 4.78 is 4.55. The maximum Gasteiger partial charge on any atom is 0.220 e. The molecule has 0 radical (unpaired) electrons. The first-order chi connectivity index (χ1) is 29.8. The van der Waals surface area contributed by atoms with E-state index in [0.717, 1.165) is 98.6 Å². The lowest BCUT2D eigenvalue weighted by Crippen LogP contribution is -2.08. The molecule has 13 aromatic rings. The van der Waals surface area contributed by atoms with E-state index in [1.54, 1.807) is 0 Å². The number of aromatic nitrogens is 4. The van der Waals surface area contributed by atoms with Crippen LogP contribution in [0.1, 0.15) is 5.56 Å². The molecule has 0 bridgehead atoms. The Bertz CT molecular complexity index is 3620. The van der Waals surface area contributed by atoms with Gasteiger partial charge in [0.05, 0.1) is 56.6 Å². The summed E-state index contributed by atoms with van der Waals surface area (Å²) in [5.41, 5.74) is 10.9. The van der Waals surface area contributed by atoms with Crippen molar-refractivity contribution in [1.29, 1.82) is 5.26 Å². The minimum atomic E-state index is 0.411. The maximum atomic E-state index is 11.7. The van der Waals surface area contributed by atoms with Gasteiger partial charge in [-0.2, -0.15) is 5.26 Å². The third kappa shape index (κ3) is 4.04. The van der Waals surface area contributed by atoms with Crippen LogP contribution in [0.25, 0.3) is 125 Å². The average Bonchev–Trinajstić information content (AvgIpc) is 3.84. The maximum absolute atomic E-state index is 11.7. The summed E-state index contributed by atoms with van der Waals surface area (Å²) in [6.45, 7) is 9.15. The van der Waals surface area contributed by atoms with Crippen molar-refractivity contribution in [3.05, 3.63) is 187 Å². The summed E-state index contributed by atoms with van der Waals surface area (Å²) in [6, 6.07) is 57.0. The third-order valence-corrected chi connectivity index (χ3v) is 12.6. The molecular weight excluding hydrogens is 733 g/mol. The highest BCUT2D eigenvalue weighted by Crippen LogP contribution is 2.54. The first-order valence-corrected chi connectivity index (χ1v) is 19.9. The van der Waals surface area contributed by atoms with E-state index in [-0.39, 0.29) is 0 Å². The largest absolute Gasteiger partial charge is 0.318 e. The number of nitriles is 1. The zero-order chi connectivity index (χ0) is 39.6. The van der Waals surface area contributed by atoms with Gasteiger partial charge in [0.1, 0.15) is 6.07 Å². The van der Waals surface area contributed by atoms with E-state index in [2.05, 4.69) is 117 Å². The van der Waals surface area contributed by atoms with Crippen LogP contribution < -0.4 is 0 Å². The van der Waals surface area contributed by atoms with Gasteiger partial charge in [-0.25, -0.2) is 4.85 Å². The summed E-state index contributed by atoms with van der Waals surface area (Å²) in [5.74, 6) is 0. The summed E-state index contributed by atoms with van der Waals surface area (Å²) in [7, 11) is 0. The fraction of sp³-hybridized carbons (Fsp3) is 0. The number of rotatable bonds is 4. The summed E-state index contributed by atoms with van der Waals surface area (Å²) >= 11 is 0. The third-order valence-electron chi connectivity index (χ3n) is 12.6. The van der Waals surface area contributed by atoms with Crippen LogP contribution in [0.4, 0.5) is 5.69 Å². The van der Waals surface area contributed by atoms with Gasteiger partial charge in [0.15, 0.2) is 0 Å². The molecule has 0 aliphatic heterocycles. The van der Waals surface area contributed by atoms with E-state index < -0.39 is 0 Å². The first kappa shape index (κ1) is 32.5. The molecule has 0 saturated carbocycles. The zero-order valence-corrected chi connectivity index (χ0v) is 31.8. The lowest BCUT2D eigenvalue weighted by molar-refractivity contribution is 1.13. The second-order valence-corrected chi connectivity index (χ2v) is 15.4. The van der Waals surface area contributed by atoms with Crippen molar-refractivity contribution in [2.24, 2.45) is 0 Å². The molecular formula is C54H28N6. The molecule has 6 heteroatoms. The molecule has 0 aliphatic rings. The number of nitrogens with zero attached hydrogens (tertiary/aromatic N) is 6. The van der Waals surface area contributed by atoms with Crippen LogP contribution in [0, 0.1) is 17.9 Å². The molecule has 0 atom stereocenters. The molecule has 13 rings (SSSR count). The second-order valence-electron chi connectivity index (χ2n) is 15.4. The molecule has 6 nitrogen and oxygen atoms in total. The van der Waals surface area contributed by atoms with Gasteiger partial charge < -0.3 is 9.13 Å². The van der Waals surface area contributed by atoms with Crippen molar-refractivity contribution in [2.45, 2.75) is 0 Å². The van der Waals surface area contributed by atoms with E-state index in [1.165, 1.54) is 10.8 Å². The molecule has 0 unspecified atom stereocenters. The van der Waals surface area contributed by atoms with E-state index in [1.807, 2.05) is 73.1 Å². The molecule has 9 aromatic carbocycles. The van der Waals surface area contributed by atoms with Gasteiger partial charge in [0.25, 0.3) is 0 Å². The number of fused-ring (bicyclic) bond motifs is 6. The Hall–Kier alpha value is -8.58. The van der Waals surface area contributed by atoms with Crippen molar-refractivity contribution < 1.29 is 0 Å². The Balaban J connectivity index is 1.33. The first-order valence-electron chi connectivity index (χ1n) is 19.9. The Labute approximate surface area is 342 Å². The summed E-state index contributed by atoms with van der Waals surface area (Å²) in [6.07, 6.45) is 3.73. The normalized spacial score (nSPS) is 12.0. The molecule has 0 N–H and O–H groups in total. The van der Waals surface area contributed by atoms with Crippen molar-refractivity contribution >= 4 is 92.6 Å². The van der Waals surface area contributed by atoms with Crippen LogP contribution in [0.15, 0.2) is 170 Å². The molecule has 0 fully saturated rings. The minimum Gasteiger partial charge on any atom is -0.318 e. The SMILES string of the molecule is [C-]#[N+]c1c(-c2ccccc2)c(C#N)c(-n2c3ccnc4c5ccccc5c5nccc2c5c43)c(-c2ccccc2)c1-n1c2cccc3c4ccccc4c4cccc1c4c32. The second kappa shape index (κ2) is 12.0. The van der Waals surface area contributed by atoms with Crippen molar-refractivity contribution in [2.75, 3.05) is 0 Å². The van der Waals surface area contributed by atoms with Crippen LogP contribution in [-0.4, -0.2) is 19.1 Å². The Morgan fingerprint density at radius 3 is 1.37 bits per heavy atom. The number of benzene rings is 9. The Kier molecular flexibility index (Phi) is 6.48. The smallest absolute Gasteiger partial charge is 0.220 e. The standard InChI is InChI=1S/C54H28N6/c1-56-52-44(31-14-4-2-5-15-31)39(30-55)53(59-42-26-28-57-50-37-20-10-11-21-38(37)51-49(48(42)50)43(59)27-29-58-51)45(32-16-6-3-7-17-32)54(52)60-40-24-12-22-35-33-18-8-9-19-34(33)36-23-13-25-41(60)47(36)46(35)40/h2-29H. The van der Waals surface area contributed by atoms with Crippen LogP contribution in [0.3, 0.4) is 0 Å². The quantitative estimate of drug-likeness (QED) is 0.133. The van der Waals surface area contributed by atoms with E-state index >= 15 is 0 Å². The monoisotopic (exact) mass is 760 g/mol. The zero-order valence-electron chi connectivity index (χ0n) is 31.8. The highest BCUT2D eigenvalue weighted by atomic mass is 15.0. The van der Waals surface area contributed by atoms with Crippen molar-refractivity contribution in [1.82, 2.24) is 19.1 Å². The topological polar surface area (TPSA) is 63.8 Å². The lowest BCUT2D eigenvalue weighted by Gasteiger charge is -2.25. The molecule has 60 heavy (non-hydrogen) atoms.